The van der Waals surface area contributed by atoms with E-state index in [0.29, 0.717) is 12.4 Å². The fourth-order valence-electron chi connectivity index (χ4n) is 3.04. The summed E-state index contributed by atoms with van der Waals surface area (Å²) in [6.45, 7) is 6.32. The number of carbonyl (C=O) groups excluding carboxylic acids is 1. The van der Waals surface area contributed by atoms with E-state index in [9.17, 15) is 4.79 Å². The summed E-state index contributed by atoms with van der Waals surface area (Å²) < 4.78 is 7.08. The number of carbonyl (C=O) groups is 1. The molecule has 2 heterocycles. The molecule has 0 radical (unpaired) electrons. The molecule has 0 aliphatic carbocycles. The highest BCUT2D eigenvalue weighted by Crippen LogP contribution is 2.20. The van der Waals surface area contributed by atoms with Gasteiger partial charge in [-0.25, -0.2) is 14.5 Å². The number of nitrogens with one attached hydrogen (secondary N) is 2. The highest BCUT2D eigenvalue weighted by molar-refractivity contribution is 5.74. The molecule has 3 aromatic rings. The highest BCUT2D eigenvalue weighted by atomic mass is 16.5. The lowest BCUT2D eigenvalue weighted by molar-refractivity contribution is 0.237. The molecular formula is C21H25N5O2. The first-order valence-electron chi connectivity index (χ1n) is 9.13. The second-order valence-electron chi connectivity index (χ2n) is 6.65. The van der Waals surface area contributed by atoms with E-state index < -0.39 is 0 Å². The van der Waals surface area contributed by atoms with Crippen LogP contribution in [0, 0.1) is 13.8 Å². The third kappa shape index (κ3) is 4.31. The van der Waals surface area contributed by atoms with Crippen LogP contribution >= 0.6 is 0 Å². The van der Waals surface area contributed by atoms with E-state index >= 15 is 0 Å². The van der Waals surface area contributed by atoms with Crippen molar-refractivity contribution in [3.05, 3.63) is 71.2 Å². The summed E-state index contributed by atoms with van der Waals surface area (Å²) in [5.74, 6) is 0.506. The predicted octanol–water partition coefficient (Wildman–Crippen LogP) is 3.45. The van der Waals surface area contributed by atoms with Crippen LogP contribution in [-0.4, -0.2) is 27.9 Å². The Morgan fingerprint density at radius 1 is 1.21 bits per heavy atom. The molecule has 0 fully saturated rings. The normalized spacial score (nSPS) is 11.7. The average Bonchev–Trinajstić information content (AvgIpc) is 3.08. The Labute approximate surface area is 164 Å². The fourth-order valence-corrected chi connectivity index (χ4v) is 3.04. The molecule has 0 aliphatic heterocycles. The van der Waals surface area contributed by atoms with E-state index in [1.165, 1.54) is 5.56 Å². The second kappa shape index (κ2) is 8.56. The first-order valence-corrected chi connectivity index (χ1v) is 9.13. The monoisotopic (exact) mass is 379 g/mol. The number of pyridine rings is 1. The number of ether oxygens (including phenoxy) is 1. The number of urea groups is 1. The lowest BCUT2D eigenvalue weighted by atomic mass is 10.1. The quantitative estimate of drug-likeness (QED) is 0.687. The van der Waals surface area contributed by atoms with Crippen molar-refractivity contribution in [2.24, 2.45) is 0 Å². The van der Waals surface area contributed by atoms with Gasteiger partial charge in [0, 0.05) is 29.6 Å². The van der Waals surface area contributed by atoms with Crippen LogP contribution in [0.15, 0.2) is 48.8 Å². The van der Waals surface area contributed by atoms with Crippen LogP contribution in [0.2, 0.25) is 0 Å². The maximum Gasteiger partial charge on any atom is 0.315 e. The van der Waals surface area contributed by atoms with E-state index in [0.717, 1.165) is 22.5 Å². The number of benzene rings is 1. The number of aryl methyl sites for hydroxylation is 1. The van der Waals surface area contributed by atoms with Crippen LogP contribution < -0.4 is 15.4 Å². The van der Waals surface area contributed by atoms with Crippen molar-refractivity contribution in [3.63, 3.8) is 0 Å². The minimum Gasteiger partial charge on any atom is -0.481 e. The number of rotatable bonds is 6. The Kier molecular flexibility index (Phi) is 5.93. The van der Waals surface area contributed by atoms with Gasteiger partial charge in [0.1, 0.15) is 0 Å². The molecule has 3 rings (SSSR count). The van der Waals surface area contributed by atoms with Crippen molar-refractivity contribution in [1.29, 1.82) is 0 Å². The number of nitrogens with zero attached hydrogens (tertiary/aromatic N) is 3. The van der Waals surface area contributed by atoms with Crippen LogP contribution in [0.4, 0.5) is 4.79 Å². The molecule has 28 heavy (non-hydrogen) atoms. The zero-order valence-electron chi connectivity index (χ0n) is 16.6. The fraction of sp³-hybridized carbons (Fsp3) is 0.286. The van der Waals surface area contributed by atoms with Gasteiger partial charge in [0.25, 0.3) is 0 Å². The van der Waals surface area contributed by atoms with Gasteiger partial charge in [-0.2, -0.15) is 5.10 Å². The number of hydrogen-bond acceptors (Lipinski definition) is 4. The number of aromatic nitrogens is 3. The van der Waals surface area contributed by atoms with Gasteiger partial charge < -0.3 is 15.4 Å². The van der Waals surface area contributed by atoms with Crippen molar-refractivity contribution in [1.82, 2.24) is 25.4 Å². The predicted molar refractivity (Wildman–Crippen MR) is 108 cm³/mol. The Morgan fingerprint density at radius 3 is 2.68 bits per heavy atom. The Bertz CT molecular complexity index is 950. The molecule has 146 valence electrons. The molecule has 0 unspecified atom stereocenters. The molecule has 0 saturated heterocycles. The SMILES string of the molecule is COc1ncccc1CNC(=O)N[C@@H](C)c1cnn(-c2ccc(C)cc2)c1C. The van der Waals surface area contributed by atoms with Gasteiger partial charge in [0.15, 0.2) is 0 Å². The van der Waals surface area contributed by atoms with Crippen LogP contribution in [-0.2, 0) is 6.54 Å². The van der Waals surface area contributed by atoms with Crippen molar-refractivity contribution in [3.8, 4) is 11.6 Å². The third-order valence-electron chi connectivity index (χ3n) is 4.62. The zero-order valence-corrected chi connectivity index (χ0v) is 16.6. The van der Waals surface area contributed by atoms with Gasteiger partial charge in [-0.05, 0) is 39.0 Å². The van der Waals surface area contributed by atoms with Crippen LogP contribution in [0.3, 0.4) is 0 Å². The molecule has 0 bridgehead atoms. The van der Waals surface area contributed by atoms with Gasteiger partial charge in [-0.1, -0.05) is 23.8 Å². The molecule has 7 heteroatoms. The van der Waals surface area contributed by atoms with Gasteiger partial charge in [0.2, 0.25) is 5.88 Å². The Morgan fingerprint density at radius 2 is 1.96 bits per heavy atom. The maximum atomic E-state index is 12.3. The lowest BCUT2D eigenvalue weighted by Gasteiger charge is -2.15. The summed E-state index contributed by atoms with van der Waals surface area (Å²) in [6, 6.07) is 11.4. The summed E-state index contributed by atoms with van der Waals surface area (Å²) in [7, 11) is 1.56. The topological polar surface area (TPSA) is 81.1 Å². The number of amides is 2. The largest absolute Gasteiger partial charge is 0.481 e. The minimum absolute atomic E-state index is 0.185. The van der Waals surface area contributed by atoms with Gasteiger partial charge in [-0.3, -0.25) is 0 Å². The minimum atomic E-state index is -0.263. The van der Waals surface area contributed by atoms with Gasteiger partial charge in [-0.15, -0.1) is 0 Å². The molecule has 0 saturated carbocycles. The molecule has 2 amide bonds. The summed E-state index contributed by atoms with van der Waals surface area (Å²) >= 11 is 0. The number of hydrogen-bond donors (Lipinski definition) is 2. The van der Waals surface area contributed by atoms with E-state index in [-0.39, 0.29) is 12.1 Å². The summed E-state index contributed by atoms with van der Waals surface area (Å²) in [5, 5.41) is 10.3. The average molecular weight is 379 g/mol. The van der Waals surface area contributed by atoms with Crippen molar-refractivity contribution in [2.45, 2.75) is 33.4 Å². The van der Waals surface area contributed by atoms with Crippen LogP contribution in [0.1, 0.15) is 35.3 Å². The van der Waals surface area contributed by atoms with Crippen LogP contribution in [0.5, 0.6) is 5.88 Å². The van der Waals surface area contributed by atoms with Crippen molar-refractivity contribution in [2.75, 3.05) is 7.11 Å². The molecule has 2 N–H and O–H groups in total. The van der Waals surface area contributed by atoms with E-state index in [1.807, 2.05) is 42.8 Å². The van der Waals surface area contributed by atoms with Gasteiger partial charge >= 0.3 is 6.03 Å². The lowest BCUT2D eigenvalue weighted by Crippen LogP contribution is -2.36. The van der Waals surface area contributed by atoms with Gasteiger partial charge in [0.05, 0.1) is 25.0 Å². The molecule has 0 aliphatic rings. The summed E-state index contributed by atoms with van der Waals surface area (Å²) in [6.07, 6.45) is 3.45. The van der Waals surface area contributed by atoms with E-state index in [2.05, 4.69) is 39.8 Å². The molecule has 2 aromatic heterocycles. The Hall–Kier alpha value is -3.35. The first kappa shape index (κ1) is 19.4. The third-order valence-corrected chi connectivity index (χ3v) is 4.62. The maximum absolute atomic E-state index is 12.3. The first-order chi connectivity index (χ1) is 13.5. The summed E-state index contributed by atoms with van der Waals surface area (Å²) in [5.41, 5.74) is 4.97. The molecule has 1 aromatic carbocycles. The van der Waals surface area contributed by atoms with Crippen LogP contribution in [0.25, 0.3) is 5.69 Å². The number of methoxy groups -OCH3 is 1. The smallest absolute Gasteiger partial charge is 0.315 e. The summed E-state index contributed by atoms with van der Waals surface area (Å²) in [4.78, 5) is 16.4. The molecule has 7 nitrogen and oxygen atoms in total. The second-order valence-corrected chi connectivity index (χ2v) is 6.65. The highest BCUT2D eigenvalue weighted by Gasteiger charge is 2.16. The molecule has 0 spiro atoms. The zero-order chi connectivity index (χ0) is 20.1. The van der Waals surface area contributed by atoms with Crippen molar-refractivity contribution < 1.29 is 9.53 Å². The van der Waals surface area contributed by atoms with E-state index in [1.54, 1.807) is 19.5 Å². The standard InChI is InChI=1S/C21H25N5O2/c1-14-7-9-18(10-8-14)26-16(3)19(13-24-26)15(2)25-21(27)23-12-17-6-5-11-22-20(17)28-4/h5-11,13,15H,12H2,1-4H3,(H2,23,25,27)/t15-/m0/s1. The van der Waals surface area contributed by atoms with Crippen molar-refractivity contribution >= 4 is 6.03 Å². The molecular weight excluding hydrogens is 354 g/mol. The Balaban J connectivity index is 1.63. The van der Waals surface area contributed by atoms with E-state index in [4.69, 9.17) is 4.74 Å². The molecule has 1 atom stereocenters.